The third-order valence-electron chi connectivity index (χ3n) is 0.605. The predicted octanol–water partition coefficient (Wildman–Crippen LogP) is -0.990. The van der Waals surface area contributed by atoms with E-state index in [4.69, 9.17) is 0 Å². The van der Waals surface area contributed by atoms with E-state index in [9.17, 15) is 9.00 Å². The van der Waals surface area contributed by atoms with E-state index in [1.54, 1.807) is 0 Å². The summed E-state index contributed by atoms with van der Waals surface area (Å²) in [5, 5.41) is 0. The molecular formula is C5H11NO3S. The van der Waals surface area contributed by atoms with Crippen LogP contribution in [-0.2, 0) is 19.2 Å². The number of methoxy groups -OCH3 is 1. The lowest BCUT2D eigenvalue weighted by molar-refractivity contribution is -0.122. The standard InChI is InChI=1S/C5H11NO3S/c1-9-4-5(7)6-10(2,3)8/h2,4H2,1,3H3,(H,6,7,8). The van der Waals surface area contributed by atoms with Crippen LogP contribution in [0.2, 0.25) is 0 Å². The molecule has 0 radical (unpaired) electrons. The SMILES string of the molecule is C=S(C)(=O)NC(=O)COC. The van der Waals surface area contributed by atoms with E-state index in [2.05, 4.69) is 15.3 Å². The molecule has 5 heteroatoms. The first-order valence-electron chi connectivity index (χ1n) is 2.57. The summed E-state index contributed by atoms with van der Waals surface area (Å²) in [7, 11) is -1.04. The van der Waals surface area contributed by atoms with E-state index in [1.165, 1.54) is 13.4 Å². The largest absolute Gasteiger partial charge is 0.375 e. The number of hydrogen-bond donors (Lipinski definition) is 1. The van der Waals surface area contributed by atoms with E-state index in [-0.39, 0.29) is 6.61 Å². The number of amides is 1. The third kappa shape index (κ3) is 5.58. The van der Waals surface area contributed by atoms with Crippen LogP contribution >= 0.6 is 0 Å². The Morgan fingerprint density at radius 1 is 1.80 bits per heavy atom. The average molecular weight is 165 g/mol. The summed E-state index contributed by atoms with van der Waals surface area (Å²) in [5.74, 6) is 2.82. The summed E-state index contributed by atoms with van der Waals surface area (Å²) in [4.78, 5) is 10.6. The highest BCUT2D eigenvalue weighted by Crippen LogP contribution is 1.75. The molecule has 0 aliphatic rings. The summed E-state index contributed by atoms with van der Waals surface area (Å²) in [6.45, 7) is -0.0830. The fourth-order valence-electron chi connectivity index (χ4n) is 0.401. The van der Waals surface area contributed by atoms with Gasteiger partial charge in [0.15, 0.2) is 0 Å². The highest BCUT2D eigenvalue weighted by Gasteiger charge is 2.01. The molecule has 0 aromatic rings. The molecule has 1 amide bonds. The number of ether oxygens (including phenoxy) is 1. The van der Waals surface area contributed by atoms with Crippen molar-refractivity contribution >= 4 is 21.5 Å². The second-order valence-electron chi connectivity index (χ2n) is 1.96. The maximum Gasteiger partial charge on any atom is 0.257 e. The molecule has 0 fully saturated rings. The van der Waals surface area contributed by atoms with E-state index in [0.717, 1.165) is 0 Å². The van der Waals surface area contributed by atoms with E-state index in [1.807, 2.05) is 0 Å². The molecule has 0 bridgehead atoms. The summed E-state index contributed by atoms with van der Waals surface area (Å²) < 4.78 is 17.4. The molecule has 1 atom stereocenters. The zero-order valence-electron chi connectivity index (χ0n) is 6.05. The smallest absolute Gasteiger partial charge is 0.257 e. The van der Waals surface area contributed by atoms with Gasteiger partial charge in [-0.25, -0.2) is 4.21 Å². The number of carbonyl (C=O) groups excluding carboxylic acids is 1. The van der Waals surface area contributed by atoms with Crippen molar-refractivity contribution in [1.29, 1.82) is 0 Å². The molecule has 60 valence electrons. The first-order chi connectivity index (χ1) is 4.45. The molecule has 0 saturated heterocycles. The van der Waals surface area contributed by atoms with Crippen LogP contribution < -0.4 is 4.72 Å². The Balaban J connectivity index is 3.82. The van der Waals surface area contributed by atoms with Gasteiger partial charge >= 0.3 is 0 Å². The van der Waals surface area contributed by atoms with Gasteiger partial charge in [0.2, 0.25) is 0 Å². The molecule has 1 N–H and O–H groups in total. The molecule has 4 nitrogen and oxygen atoms in total. The first-order valence-corrected chi connectivity index (χ1v) is 4.71. The van der Waals surface area contributed by atoms with Gasteiger partial charge in [-0.1, -0.05) is 0 Å². The fraction of sp³-hybridized carbons (Fsp3) is 0.600. The van der Waals surface area contributed by atoms with Crippen LogP contribution in [0.15, 0.2) is 0 Å². The van der Waals surface area contributed by atoms with Gasteiger partial charge in [0.25, 0.3) is 5.91 Å². The molecule has 0 heterocycles. The van der Waals surface area contributed by atoms with Gasteiger partial charge in [0.05, 0.1) is 0 Å². The average Bonchev–Trinajstić information content (AvgIpc) is 1.59. The van der Waals surface area contributed by atoms with Crippen molar-refractivity contribution in [3.8, 4) is 0 Å². The number of nitrogens with one attached hydrogen (secondary N) is 1. The minimum atomic E-state index is -2.43. The zero-order chi connectivity index (χ0) is 8.20. The van der Waals surface area contributed by atoms with Crippen LogP contribution in [0.1, 0.15) is 0 Å². The minimum absolute atomic E-state index is 0.0830. The van der Waals surface area contributed by atoms with Crippen molar-refractivity contribution in [2.45, 2.75) is 0 Å². The van der Waals surface area contributed by atoms with Crippen LogP contribution in [0.5, 0.6) is 0 Å². The third-order valence-corrected chi connectivity index (χ3v) is 1.26. The molecule has 10 heavy (non-hydrogen) atoms. The maximum absolute atomic E-state index is 10.8. The molecule has 0 aromatic carbocycles. The summed E-state index contributed by atoms with van der Waals surface area (Å²) in [6, 6.07) is 0. The van der Waals surface area contributed by atoms with Crippen molar-refractivity contribution < 1.29 is 13.7 Å². The Hall–Kier alpha value is -0.550. The number of rotatable bonds is 3. The van der Waals surface area contributed by atoms with Crippen LogP contribution in [-0.4, -0.2) is 36.0 Å². The van der Waals surface area contributed by atoms with Crippen molar-refractivity contribution in [3.05, 3.63) is 0 Å². The monoisotopic (exact) mass is 165 g/mol. The lowest BCUT2D eigenvalue weighted by Gasteiger charge is -2.03. The van der Waals surface area contributed by atoms with E-state index >= 15 is 0 Å². The molecule has 0 aliphatic carbocycles. The fourth-order valence-corrected chi connectivity index (χ4v) is 0.942. The molecule has 1 unspecified atom stereocenters. The van der Waals surface area contributed by atoms with Crippen molar-refractivity contribution in [3.63, 3.8) is 0 Å². The van der Waals surface area contributed by atoms with Gasteiger partial charge in [-0.15, -0.1) is 0 Å². The minimum Gasteiger partial charge on any atom is -0.375 e. The maximum atomic E-state index is 10.8. The Kier molecular flexibility index (Phi) is 3.38. The van der Waals surface area contributed by atoms with E-state index in [0.29, 0.717) is 0 Å². The van der Waals surface area contributed by atoms with Crippen LogP contribution in [0.4, 0.5) is 0 Å². The molecule has 0 spiro atoms. The van der Waals surface area contributed by atoms with Gasteiger partial charge in [0.1, 0.15) is 6.61 Å². The van der Waals surface area contributed by atoms with Gasteiger partial charge in [-0.3, -0.25) is 9.52 Å². The molecule has 0 aliphatic heterocycles. The highest BCUT2D eigenvalue weighted by atomic mass is 32.2. The first kappa shape index (κ1) is 9.45. The van der Waals surface area contributed by atoms with E-state index < -0.39 is 15.6 Å². The van der Waals surface area contributed by atoms with Gasteiger partial charge < -0.3 is 4.74 Å². The lowest BCUT2D eigenvalue weighted by atomic mass is 10.7. The van der Waals surface area contributed by atoms with Gasteiger partial charge in [0, 0.05) is 23.1 Å². The highest BCUT2D eigenvalue weighted by molar-refractivity contribution is 7.98. The molecular weight excluding hydrogens is 154 g/mol. The van der Waals surface area contributed by atoms with Gasteiger partial charge in [-0.2, -0.15) is 0 Å². The number of hydrogen-bond acceptors (Lipinski definition) is 3. The lowest BCUT2D eigenvalue weighted by Crippen LogP contribution is -2.31. The van der Waals surface area contributed by atoms with Crippen molar-refractivity contribution in [1.82, 2.24) is 4.72 Å². The summed E-state index contributed by atoms with van der Waals surface area (Å²) >= 11 is 0. The topological polar surface area (TPSA) is 55.4 Å². The van der Waals surface area contributed by atoms with Crippen LogP contribution in [0, 0.1) is 0 Å². The predicted molar refractivity (Wildman–Crippen MR) is 41.2 cm³/mol. The summed E-state index contributed by atoms with van der Waals surface area (Å²) in [5.41, 5.74) is 0. The molecule has 0 rings (SSSR count). The number of carbonyl (C=O) groups is 1. The quantitative estimate of drug-likeness (QED) is 0.546. The molecule has 0 saturated carbocycles. The van der Waals surface area contributed by atoms with Crippen molar-refractivity contribution in [2.75, 3.05) is 20.0 Å². The zero-order valence-corrected chi connectivity index (χ0v) is 6.86. The Morgan fingerprint density at radius 3 is 2.60 bits per heavy atom. The normalized spacial score (nSPS) is 15.8. The Morgan fingerprint density at radius 2 is 2.30 bits per heavy atom. The van der Waals surface area contributed by atoms with Crippen LogP contribution in [0.25, 0.3) is 0 Å². The summed E-state index contributed by atoms with van der Waals surface area (Å²) in [6.07, 6.45) is 1.35. The van der Waals surface area contributed by atoms with Crippen LogP contribution in [0.3, 0.4) is 0 Å². The molecule has 0 aromatic heterocycles. The van der Waals surface area contributed by atoms with Gasteiger partial charge in [-0.05, 0) is 5.87 Å². The second-order valence-corrected chi connectivity index (χ2v) is 4.18. The Bertz CT molecular complexity index is 207. The van der Waals surface area contributed by atoms with Crippen molar-refractivity contribution in [2.24, 2.45) is 0 Å². The second kappa shape index (κ2) is 3.58. The Labute approximate surface area is 60.7 Å².